The molecule has 0 atom stereocenters. The van der Waals surface area contributed by atoms with Crippen LogP contribution in [0.5, 0.6) is 0 Å². The first-order valence-electron chi connectivity index (χ1n) is 8.86. The molecule has 0 aliphatic heterocycles. The molecule has 152 valence electrons. The van der Waals surface area contributed by atoms with Gasteiger partial charge >= 0.3 is 0 Å². The number of anilines is 2. The molecular formula is C20H20FN3O3S2. The van der Waals surface area contributed by atoms with E-state index in [1.165, 1.54) is 35.6 Å². The van der Waals surface area contributed by atoms with Crippen LogP contribution in [-0.2, 0) is 16.4 Å². The topological polar surface area (TPSA) is 88.2 Å². The summed E-state index contributed by atoms with van der Waals surface area (Å²) in [6.45, 7) is 5.65. The predicted octanol–water partition coefficient (Wildman–Crippen LogP) is 4.51. The lowest BCUT2D eigenvalue weighted by molar-refractivity contribution is 0.102. The highest BCUT2D eigenvalue weighted by molar-refractivity contribution is 7.92. The molecule has 9 heteroatoms. The third-order valence-corrected chi connectivity index (χ3v) is 6.62. The number of hydrogen-bond donors (Lipinski definition) is 2. The van der Waals surface area contributed by atoms with Crippen molar-refractivity contribution in [2.75, 3.05) is 10.0 Å². The van der Waals surface area contributed by atoms with Gasteiger partial charge in [-0.2, -0.15) is 0 Å². The van der Waals surface area contributed by atoms with Gasteiger partial charge in [0.05, 0.1) is 10.6 Å². The number of nitrogens with zero attached hydrogens (tertiary/aromatic N) is 1. The summed E-state index contributed by atoms with van der Waals surface area (Å²) in [6.07, 6.45) is 0.764. The summed E-state index contributed by atoms with van der Waals surface area (Å²) in [6, 6.07) is 9.27. The predicted molar refractivity (Wildman–Crippen MR) is 113 cm³/mol. The van der Waals surface area contributed by atoms with E-state index in [2.05, 4.69) is 15.0 Å². The van der Waals surface area contributed by atoms with E-state index in [1.54, 1.807) is 13.0 Å². The average molecular weight is 434 g/mol. The minimum atomic E-state index is -3.94. The van der Waals surface area contributed by atoms with Crippen LogP contribution in [0, 0.1) is 19.7 Å². The number of aromatic nitrogens is 1. The molecule has 3 aromatic rings. The van der Waals surface area contributed by atoms with Gasteiger partial charge in [0.2, 0.25) is 0 Å². The van der Waals surface area contributed by atoms with Gasteiger partial charge in [-0.3, -0.25) is 14.8 Å². The minimum absolute atomic E-state index is 0.0675. The molecule has 0 bridgehead atoms. The van der Waals surface area contributed by atoms with Crippen LogP contribution in [-0.4, -0.2) is 19.3 Å². The maximum Gasteiger partial charge on any atom is 0.261 e. The zero-order valence-electron chi connectivity index (χ0n) is 16.1. The molecule has 0 radical (unpaired) electrons. The third-order valence-electron chi connectivity index (χ3n) is 4.31. The van der Waals surface area contributed by atoms with Crippen molar-refractivity contribution in [1.82, 2.24) is 4.98 Å². The molecule has 2 N–H and O–H groups in total. The van der Waals surface area contributed by atoms with Crippen LogP contribution in [0.25, 0.3) is 0 Å². The number of aryl methyl sites for hydroxylation is 3. The Morgan fingerprint density at radius 1 is 1.14 bits per heavy atom. The quantitative estimate of drug-likeness (QED) is 0.598. The van der Waals surface area contributed by atoms with Gasteiger partial charge in [-0.05, 0) is 62.2 Å². The molecule has 0 aliphatic rings. The maximum absolute atomic E-state index is 13.0. The Hall–Kier alpha value is -2.78. The standard InChI is InChI=1S/C20H20FN3O3S2/c1-4-18-13(3)28-20(22-18)23-19(25)17-11-16(10-5-12(17)2)29(26,27)24-15-8-6-14(21)7-9-15/h5-11,24H,4H2,1-3H3,(H,22,23,25). The highest BCUT2D eigenvalue weighted by atomic mass is 32.2. The van der Waals surface area contributed by atoms with Crippen molar-refractivity contribution in [2.45, 2.75) is 32.1 Å². The molecule has 1 amide bonds. The van der Waals surface area contributed by atoms with Crippen LogP contribution in [0.2, 0.25) is 0 Å². The number of nitrogens with one attached hydrogen (secondary N) is 2. The normalized spacial score (nSPS) is 11.3. The van der Waals surface area contributed by atoms with Crippen molar-refractivity contribution in [3.63, 3.8) is 0 Å². The van der Waals surface area contributed by atoms with E-state index >= 15 is 0 Å². The van der Waals surface area contributed by atoms with Crippen LogP contribution in [0.4, 0.5) is 15.2 Å². The fourth-order valence-electron chi connectivity index (χ4n) is 2.72. The molecule has 0 fully saturated rings. The highest BCUT2D eigenvalue weighted by Crippen LogP contribution is 2.24. The summed E-state index contributed by atoms with van der Waals surface area (Å²) in [5.74, 6) is -0.899. The zero-order chi connectivity index (χ0) is 21.2. The summed E-state index contributed by atoms with van der Waals surface area (Å²) in [7, 11) is -3.94. The first kappa shape index (κ1) is 20.9. The number of benzene rings is 2. The minimum Gasteiger partial charge on any atom is -0.298 e. The molecule has 0 spiro atoms. The number of amides is 1. The number of sulfonamides is 1. The van der Waals surface area contributed by atoms with Gasteiger partial charge in [-0.15, -0.1) is 11.3 Å². The van der Waals surface area contributed by atoms with Crippen molar-refractivity contribution in [3.8, 4) is 0 Å². The lowest BCUT2D eigenvalue weighted by Crippen LogP contribution is -2.17. The van der Waals surface area contributed by atoms with Crippen LogP contribution in [0.3, 0.4) is 0 Å². The second kappa shape index (κ2) is 8.30. The Bertz CT molecular complexity index is 1160. The van der Waals surface area contributed by atoms with E-state index in [0.717, 1.165) is 29.1 Å². The third kappa shape index (κ3) is 4.80. The number of halogens is 1. The summed E-state index contributed by atoms with van der Waals surface area (Å²) in [4.78, 5) is 18.1. The van der Waals surface area contributed by atoms with Crippen LogP contribution in [0.15, 0.2) is 47.4 Å². The largest absolute Gasteiger partial charge is 0.298 e. The second-order valence-corrected chi connectivity index (χ2v) is 9.30. The monoisotopic (exact) mass is 433 g/mol. The van der Waals surface area contributed by atoms with Gasteiger partial charge in [0.15, 0.2) is 5.13 Å². The molecule has 0 saturated heterocycles. The van der Waals surface area contributed by atoms with E-state index in [9.17, 15) is 17.6 Å². The number of carbonyl (C=O) groups excluding carboxylic acids is 1. The summed E-state index contributed by atoms with van der Waals surface area (Å²) in [5, 5.41) is 3.21. The lowest BCUT2D eigenvalue weighted by atomic mass is 10.1. The molecule has 29 heavy (non-hydrogen) atoms. The summed E-state index contributed by atoms with van der Waals surface area (Å²) in [5.41, 5.74) is 2.01. The molecule has 0 unspecified atom stereocenters. The fraction of sp³-hybridized carbons (Fsp3) is 0.200. The Balaban J connectivity index is 1.86. The van der Waals surface area contributed by atoms with Crippen molar-refractivity contribution < 1.29 is 17.6 Å². The van der Waals surface area contributed by atoms with Gasteiger partial charge in [0.25, 0.3) is 15.9 Å². The highest BCUT2D eigenvalue weighted by Gasteiger charge is 2.19. The SMILES string of the molecule is CCc1nc(NC(=O)c2cc(S(=O)(=O)Nc3ccc(F)cc3)ccc2C)sc1C. The van der Waals surface area contributed by atoms with E-state index in [0.29, 0.717) is 10.7 Å². The van der Waals surface area contributed by atoms with Crippen molar-refractivity contribution >= 4 is 38.1 Å². The Morgan fingerprint density at radius 3 is 2.45 bits per heavy atom. The molecule has 0 aliphatic carbocycles. The Morgan fingerprint density at radius 2 is 1.83 bits per heavy atom. The first-order valence-corrected chi connectivity index (χ1v) is 11.2. The van der Waals surface area contributed by atoms with E-state index < -0.39 is 21.7 Å². The molecular weight excluding hydrogens is 413 g/mol. The fourth-order valence-corrected chi connectivity index (χ4v) is 4.70. The second-order valence-electron chi connectivity index (χ2n) is 6.42. The molecule has 3 rings (SSSR count). The van der Waals surface area contributed by atoms with Gasteiger partial charge in [-0.1, -0.05) is 13.0 Å². The molecule has 1 aromatic heterocycles. The van der Waals surface area contributed by atoms with Gasteiger partial charge in [-0.25, -0.2) is 17.8 Å². The van der Waals surface area contributed by atoms with Crippen LogP contribution < -0.4 is 10.0 Å². The number of thiazole rings is 1. The number of hydrogen-bond acceptors (Lipinski definition) is 5. The smallest absolute Gasteiger partial charge is 0.261 e. The number of carbonyl (C=O) groups is 1. The maximum atomic E-state index is 13.0. The van der Waals surface area contributed by atoms with Gasteiger partial charge in [0.1, 0.15) is 5.82 Å². The molecule has 2 aromatic carbocycles. The molecule has 0 saturated carbocycles. The van der Waals surface area contributed by atoms with Gasteiger partial charge in [0, 0.05) is 16.1 Å². The Kier molecular flexibility index (Phi) is 5.99. The molecule has 1 heterocycles. The van der Waals surface area contributed by atoms with E-state index in [4.69, 9.17) is 0 Å². The summed E-state index contributed by atoms with van der Waals surface area (Å²) < 4.78 is 40.8. The van der Waals surface area contributed by atoms with Gasteiger partial charge < -0.3 is 0 Å². The van der Waals surface area contributed by atoms with Crippen LogP contribution in [0.1, 0.15) is 33.4 Å². The number of rotatable bonds is 6. The average Bonchev–Trinajstić information content (AvgIpc) is 3.02. The van der Waals surface area contributed by atoms with E-state index in [1.807, 2.05) is 13.8 Å². The zero-order valence-corrected chi connectivity index (χ0v) is 17.7. The van der Waals surface area contributed by atoms with Crippen molar-refractivity contribution in [3.05, 3.63) is 70.0 Å². The van der Waals surface area contributed by atoms with E-state index in [-0.39, 0.29) is 16.1 Å². The van der Waals surface area contributed by atoms with Crippen LogP contribution >= 0.6 is 11.3 Å². The van der Waals surface area contributed by atoms with Crippen molar-refractivity contribution in [1.29, 1.82) is 0 Å². The lowest BCUT2D eigenvalue weighted by Gasteiger charge is -2.11. The molecule has 6 nitrogen and oxygen atoms in total. The first-order chi connectivity index (χ1) is 13.7. The van der Waals surface area contributed by atoms with Crippen molar-refractivity contribution in [2.24, 2.45) is 0 Å². The Labute approximate surface area is 172 Å². The summed E-state index contributed by atoms with van der Waals surface area (Å²) >= 11 is 1.38.